The summed E-state index contributed by atoms with van der Waals surface area (Å²) >= 11 is 0. The van der Waals surface area contributed by atoms with Gasteiger partial charge in [0.2, 0.25) is 11.8 Å². The summed E-state index contributed by atoms with van der Waals surface area (Å²) in [5, 5.41) is 7.71. The first-order valence-electron chi connectivity index (χ1n) is 17.0. The lowest BCUT2D eigenvalue weighted by Crippen LogP contribution is -2.39. The van der Waals surface area contributed by atoms with Crippen LogP contribution in [0.5, 0.6) is 23.5 Å². The summed E-state index contributed by atoms with van der Waals surface area (Å²) in [5.41, 5.74) is 0.469. The topological polar surface area (TPSA) is 166 Å². The van der Waals surface area contributed by atoms with Crippen molar-refractivity contribution in [2.75, 3.05) is 26.2 Å². The van der Waals surface area contributed by atoms with Crippen LogP contribution in [0.4, 0.5) is 8.78 Å². The zero-order chi connectivity index (χ0) is 36.6. The molecule has 2 fully saturated rings. The van der Waals surface area contributed by atoms with E-state index in [2.05, 4.69) is 30.2 Å². The number of carbonyl (C=O) groups excluding carboxylic acids is 2. The number of halogens is 2. The van der Waals surface area contributed by atoms with Crippen molar-refractivity contribution in [2.45, 2.75) is 37.5 Å². The van der Waals surface area contributed by atoms with Crippen LogP contribution >= 0.6 is 0 Å². The molecule has 0 unspecified atom stereocenters. The molecule has 2 atom stereocenters. The van der Waals surface area contributed by atoms with Crippen LogP contribution in [0.25, 0.3) is 0 Å². The summed E-state index contributed by atoms with van der Waals surface area (Å²) in [6.45, 7) is 2.06. The number of amides is 2. The van der Waals surface area contributed by atoms with Crippen LogP contribution in [0.3, 0.4) is 0 Å². The Morgan fingerprint density at radius 1 is 0.717 bits per heavy atom. The number of nitrogens with zero attached hydrogens (tertiary/aromatic N) is 7. The van der Waals surface area contributed by atoms with Gasteiger partial charge in [0, 0.05) is 37.8 Å². The standard InChI is InChI=1S/C20H17F2N3O3.C17H17N5O3/c21-15-9-14(10-16(22)11-15)19(26)25-8-4-5-13(12-25)18-23-20(24-28-18)27-17-6-2-1-3-7-17;23-16(14-9-18-11-19-14)22-8-4-5-12(10-22)15-20-17(21-25-15)24-13-6-2-1-3-7-13/h1-3,6-7,9-11,13H,4-5,8,12H2;1-3,6-7,9,11-12H,4-5,8,10H2,(H,18,19)/t13-;12-/m00/s1. The van der Waals surface area contributed by atoms with Gasteiger partial charge in [0.1, 0.15) is 28.8 Å². The Balaban J connectivity index is 0.000000165. The molecule has 2 saturated heterocycles. The van der Waals surface area contributed by atoms with Gasteiger partial charge in [0.25, 0.3) is 11.8 Å². The maximum Gasteiger partial charge on any atom is 0.359 e. The van der Waals surface area contributed by atoms with Gasteiger partial charge >= 0.3 is 12.0 Å². The van der Waals surface area contributed by atoms with Crippen molar-refractivity contribution in [3.63, 3.8) is 0 Å². The van der Waals surface area contributed by atoms with Crippen LogP contribution in [-0.2, 0) is 0 Å². The number of imidazole rings is 1. The highest BCUT2D eigenvalue weighted by Gasteiger charge is 2.31. The van der Waals surface area contributed by atoms with E-state index in [1.807, 2.05) is 48.5 Å². The zero-order valence-corrected chi connectivity index (χ0v) is 28.3. The van der Waals surface area contributed by atoms with Gasteiger partial charge in [-0.05, 0) is 72.4 Å². The molecule has 2 amide bonds. The number of para-hydroxylation sites is 2. The van der Waals surface area contributed by atoms with E-state index in [0.717, 1.165) is 37.5 Å². The molecule has 14 nitrogen and oxygen atoms in total. The molecule has 53 heavy (non-hydrogen) atoms. The zero-order valence-electron chi connectivity index (χ0n) is 28.3. The van der Waals surface area contributed by atoms with Crippen molar-refractivity contribution in [2.24, 2.45) is 0 Å². The summed E-state index contributed by atoms with van der Waals surface area (Å²) in [6, 6.07) is 21.4. The van der Waals surface area contributed by atoms with Crippen LogP contribution in [-0.4, -0.2) is 78.0 Å². The first-order chi connectivity index (χ1) is 25.9. The number of rotatable bonds is 8. The molecular formula is C37H34F2N8O6. The fraction of sp³-hybridized carbons (Fsp3) is 0.270. The molecule has 0 aliphatic carbocycles. The lowest BCUT2D eigenvalue weighted by atomic mass is 9.97. The lowest BCUT2D eigenvalue weighted by molar-refractivity contribution is 0.0685. The van der Waals surface area contributed by atoms with Gasteiger partial charge in [0.05, 0.1) is 24.4 Å². The quantitative estimate of drug-likeness (QED) is 0.176. The molecule has 0 radical (unpaired) electrons. The summed E-state index contributed by atoms with van der Waals surface area (Å²) < 4.78 is 48.6. The minimum absolute atomic E-state index is 0.00115. The maximum absolute atomic E-state index is 13.4. The van der Waals surface area contributed by atoms with E-state index in [4.69, 9.17) is 18.5 Å². The highest BCUT2D eigenvalue weighted by molar-refractivity contribution is 5.94. The van der Waals surface area contributed by atoms with E-state index in [-0.39, 0.29) is 35.3 Å². The van der Waals surface area contributed by atoms with Gasteiger partial charge in [-0.1, -0.05) is 36.4 Å². The number of likely N-dealkylation sites (tertiary alicyclic amines) is 2. The molecule has 0 spiro atoms. The van der Waals surface area contributed by atoms with Gasteiger partial charge in [0.15, 0.2) is 0 Å². The predicted octanol–water partition coefficient (Wildman–Crippen LogP) is 6.76. The highest BCUT2D eigenvalue weighted by atomic mass is 19.1. The molecule has 6 aromatic rings. The number of carbonyl (C=O) groups is 2. The fourth-order valence-electron chi connectivity index (χ4n) is 6.17. The fourth-order valence-corrected chi connectivity index (χ4v) is 6.17. The van der Waals surface area contributed by atoms with Gasteiger partial charge in [-0.25, -0.2) is 13.8 Å². The van der Waals surface area contributed by atoms with Crippen molar-refractivity contribution in [1.29, 1.82) is 0 Å². The number of hydrogen-bond acceptors (Lipinski definition) is 11. The molecule has 3 aromatic heterocycles. The lowest BCUT2D eigenvalue weighted by Gasteiger charge is -2.31. The van der Waals surface area contributed by atoms with E-state index < -0.39 is 17.5 Å². The van der Waals surface area contributed by atoms with E-state index in [1.54, 1.807) is 21.9 Å². The summed E-state index contributed by atoms with van der Waals surface area (Å²) in [7, 11) is 0. The molecule has 0 saturated carbocycles. The second kappa shape index (κ2) is 16.3. The van der Waals surface area contributed by atoms with Gasteiger partial charge in [-0.2, -0.15) is 9.97 Å². The van der Waals surface area contributed by atoms with Crippen molar-refractivity contribution in [3.05, 3.63) is 126 Å². The molecule has 2 aliphatic heterocycles. The van der Waals surface area contributed by atoms with Gasteiger partial charge in [-0.15, -0.1) is 0 Å². The van der Waals surface area contributed by atoms with E-state index in [9.17, 15) is 18.4 Å². The normalized spacial score (nSPS) is 17.1. The molecule has 3 aromatic carbocycles. The third-order valence-electron chi connectivity index (χ3n) is 8.70. The van der Waals surface area contributed by atoms with E-state index >= 15 is 0 Å². The van der Waals surface area contributed by atoms with Crippen LogP contribution in [0.15, 0.2) is 100 Å². The van der Waals surface area contributed by atoms with Crippen LogP contribution in [0, 0.1) is 11.6 Å². The Labute approximate surface area is 301 Å². The average Bonchev–Trinajstić information content (AvgIpc) is 3.99. The smallest absolute Gasteiger partial charge is 0.359 e. The number of H-pyrrole nitrogens is 1. The Hall–Kier alpha value is -6.45. The number of aromatic amines is 1. The van der Waals surface area contributed by atoms with Crippen molar-refractivity contribution in [1.82, 2.24) is 40.0 Å². The first kappa shape index (κ1) is 35.0. The molecule has 16 heteroatoms. The Morgan fingerprint density at radius 3 is 1.72 bits per heavy atom. The molecule has 0 bridgehead atoms. The number of ether oxygens (including phenoxy) is 2. The minimum Gasteiger partial charge on any atom is -0.422 e. The second-order valence-electron chi connectivity index (χ2n) is 12.5. The SMILES string of the molecule is O=C(c1cc(F)cc(F)c1)N1CCC[C@H](c2nc(Oc3ccccc3)no2)C1.O=C(c1cnc[nH]1)N1CCC[C@H](c2nc(Oc3ccccc3)no2)C1. The van der Waals surface area contributed by atoms with Gasteiger partial charge < -0.3 is 33.3 Å². The number of piperidine rings is 2. The molecule has 2 aliphatic rings. The van der Waals surface area contributed by atoms with E-state index in [0.29, 0.717) is 61.6 Å². The van der Waals surface area contributed by atoms with Crippen LogP contribution < -0.4 is 9.47 Å². The van der Waals surface area contributed by atoms with Crippen LogP contribution in [0.1, 0.15) is 70.1 Å². The first-order valence-corrected chi connectivity index (χ1v) is 17.0. The second-order valence-corrected chi connectivity index (χ2v) is 12.5. The Kier molecular flexibility index (Phi) is 10.7. The predicted molar refractivity (Wildman–Crippen MR) is 182 cm³/mol. The Morgan fingerprint density at radius 2 is 1.23 bits per heavy atom. The van der Waals surface area contributed by atoms with E-state index in [1.165, 1.54) is 12.5 Å². The van der Waals surface area contributed by atoms with Crippen molar-refractivity contribution < 1.29 is 36.9 Å². The number of benzene rings is 3. The molecule has 1 N–H and O–H groups in total. The van der Waals surface area contributed by atoms with Crippen LogP contribution in [0.2, 0.25) is 0 Å². The summed E-state index contributed by atoms with van der Waals surface area (Å²) in [5.74, 6) is -0.128. The third-order valence-corrected chi connectivity index (χ3v) is 8.70. The maximum atomic E-state index is 13.4. The largest absolute Gasteiger partial charge is 0.422 e. The number of nitrogens with one attached hydrogen (secondary N) is 1. The minimum atomic E-state index is -0.781. The molecule has 5 heterocycles. The monoisotopic (exact) mass is 724 g/mol. The van der Waals surface area contributed by atoms with Crippen molar-refractivity contribution in [3.8, 4) is 23.5 Å². The number of aromatic nitrogens is 6. The third kappa shape index (κ3) is 8.90. The average molecular weight is 725 g/mol. The van der Waals surface area contributed by atoms with Gasteiger partial charge in [-0.3, -0.25) is 9.59 Å². The molecule has 8 rings (SSSR count). The molecular weight excluding hydrogens is 690 g/mol. The number of hydrogen-bond donors (Lipinski definition) is 1. The molecule has 272 valence electrons. The summed E-state index contributed by atoms with van der Waals surface area (Å²) in [4.78, 5) is 43.7. The van der Waals surface area contributed by atoms with Crippen molar-refractivity contribution >= 4 is 11.8 Å². The Bertz CT molecular complexity index is 2090. The highest BCUT2D eigenvalue weighted by Crippen LogP contribution is 2.30. The summed E-state index contributed by atoms with van der Waals surface area (Å²) in [6.07, 6.45) is 6.27.